The van der Waals surface area contributed by atoms with E-state index in [4.69, 9.17) is 0 Å². The Balaban J connectivity index is 0.000000810. The molecular formula is C9H10Li. The van der Waals surface area contributed by atoms with Crippen molar-refractivity contribution < 1.29 is 0 Å². The van der Waals surface area contributed by atoms with Crippen molar-refractivity contribution in [1.29, 1.82) is 0 Å². The Morgan fingerprint density at radius 1 is 1.20 bits per heavy atom. The number of hydrogen-bond acceptors (Lipinski definition) is 0. The summed E-state index contributed by atoms with van der Waals surface area (Å²) in [5, 5.41) is 0. The molecule has 0 saturated carbocycles. The van der Waals surface area contributed by atoms with Gasteiger partial charge in [-0.1, -0.05) is 36.4 Å². The smallest absolute Gasteiger partial charge is 0 e. The molecular weight excluding hydrogens is 115 g/mol. The van der Waals surface area contributed by atoms with Crippen molar-refractivity contribution in [3.63, 3.8) is 0 Å². The summed E-state index contributed by atoms with van der Waals surface area (Å²) in [6.07, 6.45) is 2.89. The van der Waals surface area contributed by atoms with Crippen LogP contribution in [0.3, 0.4) is 0 Å². The average molecular weight is 125 g/mol. The van der Waals surface area contributed by atoms with Gasteiger partial charge < -0.3 is 0 Å². The van der Waals surface area contributed by atoms with E-state index in [0.29, 0.717) is 0 Å². The summed E-state index contributed by atoms with van der Waals surface area (Å²) < 4.78 is 0. The van der Waals surface area contributed by atoms with Gasteiger partial charge in [0.2, 0.25) is 0 Å². The maximum absolute atomic E-state index is 3.66. The number of allylic oxidation sites excluding steroid dienone is 1. The van der Waals surface area contributed by atoms with Crippen molar-refractivity contribution >= 4 is 18.9 Å². The van der Waals surface area contributed by atoms with Crippen LogP contribution in [-0.2, 0) is 6.42 Å². The monoisotopic (exact) mass is 125 g/mol. The fourth-order valence-electron chi connectivity index (χ4n) is 0.781. The Labute approximate surface area is 74.1 Å². The molecule has 0 aromatic heterocycles. The van der Waals surface area contributed by atoms with E-state index in [1.165, 1.54) is 5.56 Å². The van der Waals surface area contributed by atoms with Gasteiger partial charge in [-0.2, -0.15) is 0 Å². The van der Waals surface area contributed by atoms with Gasteiger partial charge in [-0.3, -0.25) is 0 Å². The van der Waals surface area contributed by atoms with Gasteiger partial charge in [0.25, 0.3) is 0 Å². The maximum atomic E-state index is 3.66. The molecule has 1 heteroatoms. The maximum Gasteiger partial charge on any atom is 0 e. The number of rotatable bonds is 2. The first kappa shape index (κ1) is 9.56. The van der Waals surface area contributed by atoms with Gasteiger partial charge in [0.1, 0.15) is 0 Å². The van der Waals surface area contributed by atoms with Crippen LogP contribution in [0.1, 0.15) is 5.56 Å². The van der Waals surface area contributed by atoms with E-state index >= 15 is 0 Å². The van der Waals surface area contributed by atoms with E-state index in [1.807, 2.05) is 24.3 Å². The molecule has 0 spiro atoms. The van der Waals surface area contributed by atoms with Gasteiger partial charge in [0, 0.05) is 18.9 Å². The first-order chi connectivity index (χ1) is 4.43. The van der Waals surface area contributed by atoms with Crippen molar-refractivity contribution in [1.82, 2.24) is 0 Å². The molecule has 1 aromatic rings. The van der Waals surface area contributed by atoms with E-state index in [9.17, 15) is 0 Å². The molecule has 0 nitrogen and oxygen atoms in total. The third-order valence-electron chi connectivity index (χ3n) is 1.22. The molecule has 0 aliphatic carbocycles. The topological polar surface area (TPSA) is 0 Å². The third kappa shape index (κ3) is 2.92. The molecule has 0 aliphatic heterocycles. The average Bonchev–Trinajstić information content (AvgIpc) is 1.91. The SMILES string of the molecule is C=CCc1ccccc1.[Li]. The summed E-state index contributed by atoms with van der Waals surface area (Å²) in [7, 11) is 0. The zero-order valence-corrected chi connectivity index (χ0v) is 6.38. The van der Waals surface area contributed by atoms with Gasteiger partial charge in [-0.05, 0) is 12.0 Å². The Bertz CT molecular complexity index is 179. The molecule has 1 aromatic carbocycles. The van der Waals surface area contributed by atoms with Crippen molar-refractivity contribution in [3.05, 3.63) is 48.6 Å². The summed E-state index contributed by atoms with van der Waals surface area (Å²) in [4.78, 5) is 0. The van der Waals surface area contributed by atoms with E-state index in [0.717, 1.165) is 6.42 Å². The minimum Gasteiger partial charge on any atom is -0.103 e. The first-order valence-electron chi connectivity index (χ1n) is 3.08. The zero-order chi connectivity index (χ0) is 6.53. The molecule has 0 saturated heterocycles. The van der Waals surface area contributed by atoms with Crippen LogP contribution < -0.4 is 0 Å². The second kappa shape index (κ2) is 5.35. The van der Waals surface area contributed by atoms with Crippen LogP contribution in [0.4, 0.5) is 0 Å². The number of benzene rings is 1. The molecule has 0 atom stereocenters. The molecule has 1 radical (unpaired) electrons. The molecule has 0 unspecified atom stereocenters. The van der Waals surface area contributed by atoms with Gasteiger partial charge >= 0.3 is 0 Å². The Kier molecular flexibility index (Phi) is 5.11. The second-order valence-corrected chi connectivity index (χ2v) is 1.98. The molecule has 0 heterocycles. The summed E-state index contributed by atoms with van der Waals surface area (Å²) >= 11 is 0. The fraction of sp³-hybridized carbons (Fsp3) is 0.111. The molecule has 0 aliphatic rings. The van der Waals surface area contributed by atoms with E-state index in [2.05, 4.69) is 18.7 Å². The molecule has 0 amide bonds. The quantitative estimate of drug-likeness (QED) is 0.419. The minimum absolute atomic E-state index is 0. The van der Waals surface area contributed by atoms with Gasteiger partial charge in [0.15, 0.2) is 0 Å². The molecule has 10 heavy (non-hydrogen) atoms. The summed E-state index contributed by atoms with van der Waals surface area (Å²) in [5.41, 5.74) is 1.33. The fourth-order valence-corrected chi connectivity index (χ4v) is 0.781. The molecule has 1 rings (SSSR count). The first-order valence-corrected chi connectivity index (χ1v) is 3.08. The summed E-state index contributed by atoms with van der Waals surface area (Å²) in [5.74, 6) is 0. The van der Waals surface area contributed by atoms with Crippen LogP contribution in [0.25, 0.3) is 0 Å². The van der Waals surface area contributed by atoms with Gasteiger partial charge in [-0.25, -0.2) is 0 Å². The largest absolute Gasteiger partial charge is 0.103 e. The van der Waals surface area contributed by atoms with Crippen LogP contribution >= 0.6 is 0 Å². The van der Waals surface area contributed by atoms with Crippen molar-refractivity contribution in [3.8, 4) is 0 Å². The molecule has 47 valence electrons. The Hall–Kier alpha value is -0.443. The Morgan fingerprint density at radius 2 is 1.80 bits per heavy atom. The molecule has 0 bridgehead atoms. The molecule has 0 N–H and O–H groups in total. The zero-order valence-electron chi connectivity index (χ0n) is 6.38. The van der Waals surface area contributed by atoms with Crippen molar-refractivity contribution in [2.75, 3.05) is 0 Å². The minimum atomic E-state index is 0. The van der Waals surface area contributed by atoms with E-state index in [1.54, 1.807) is 0 Å². The van der Waals surface area contributed by atoms with Crippen LogP contribution in [0.5, 0.6) is 0 Å². The van der Waals surface area contributed by atoms with E-state index < -0.39 is 0 Å². The van der Waals surface area contributed by atoms with Gasteiger partial charge in [-0.15, -0.1) is 6.58 Å². The van der Waals surface area contributed by atoms with Crippen LogP contribution in [0.15, 0.2) is 43.0 Å². The standard InChI is InChI=1S/C9H10.Li/c1-2-6-9-7-4-3-5-8-9;/h2-5,7-8H,1,6H2;. The van der Waals surface area contributed by atoms with Gasteiger partial charge in [0.05, 0.1) is 0 Å². The summed E-state index contributed by atoms with van der Waals surface area (Å²) in [6.45, 7) is 3.66. The Morgan fingerprint density at radius 3 is 2.30 bits per heavy atom. The number of hydrogen-bond donors (Lipinski definition) is 0. The third-order valence-corrected chi connectivity index (χ3v) is 1.22. The predicted octanol–water partition coefficient (Wildman–Crippen LogP) is 2.03. The van der Waals surface area contributed by atoms with Crippen LogP contribution in [0.2, 0.25) is 0 Å². The van der Waals surface area contributed by atoms with Crippen LogP contribution in [-0.4, -0.2) is 18.9 Å². The van der Waals surface area contributed by atoms with Crippen molar-refractivity contribution in [2.24, 2.45) is 0 Å². The van der Waals surface area contributed by atoms with Crippen LogP contribution in [0, 0.1) is 0 Å². The van der Waals surface area contributed by atoms with Crippen molar-refractivity contribution in [2.45, 2.75) is 6.42 Å². The molecule has 0 fully saturated rings. The second-order valence-electron chi connectivity index (χ2n) is 1.98. The summed E-state index contributed by atoms with van der Waals surface area (Å²) in [6, 6.07) is 10.3. The van der Waals surface area contributed by atoms with E-state index in [-0.39, 0.29) is 18.9 Å². The predicted molar refractivity (Wildman–Crippen MR) is 46.1 cm³/mol. The normalized spacial score (nSPS) is 8.00.